The van der Waals surface area contributed by atoms with Crippen LogP contribution in [0.1, 0.15) is 172 Å². The molecule has 0 radical (unpaired) electrons. The van der Waals surface area contributed by atoms with E-state index in [0.717, 1.165) is 5.56 Å². The lowest BCUT2D eigenvalue weighted by Gasteiger charge is -2.41. The van der Waals surface area contributed by atoms with E-state index in [1.807, 2.05) is 30.3 Å². The van der Waals surface area contributed by atoms with Crippen molar-refractivity contribution in [1.82, 2.24) is 0 Å². The summed E-state index contributed by atoms with van der Waals surface area (Å²) in [4.78, 5) is 0. The van der Waals surface area contributed by atoms with E-state index in [1.54, 1.807) is 115 Å². The normalized spacial score (nSPS) is 22.8. The van der Waals surface area contributed by atoms with Crippen molar-refractivity contribution in [1.29, 1.82) is 0 Å². The van der Waals surface area contributed by atoms with E-state index in [-0.39, 0.29) is 97.7 Å². The number of hydrogen-bond donors (Lipinski definition) is 14. The molecule has 12 aromatic carbocycles. The third kappa shape index (κ3) is 9.68. The second-order valence-corrected chi connectivity index (χ2v) is 27.4. The van der Waals surface area contributed by atoms with Gasteiger partial charge in [0.2, 0.25) is 0 Å². The zero-order chi connectivity index (χ0) is 70.0. The first kappa shape index (κ1) is 61.4. The summed E-state index contributed by atoms with van der Waals surface area (Å²) in [6.07, 6.45) is -3.66. The van der Waals surface area contributed by atoms with Crippen LogP contribution < -0.4 is 18.9 Å². The molecular weight excluding hydrogens is 1300 g/mol. The standard InChI is InChI=1S/C84H62O18/c85-46-12-1-37(2-13-46)66-73-60(97)35-64-75(69(44-25-53(92)31-54(93)26-44)82(101-64)40-7-18-49(88)19-8-40)79(73)78-67(38-3-14-47(86)15-4-38)77(66)80-74(78)61(98)36-65-76(80)70(45-27-55(94)32-56(95)28-45)84(102-65)42-11-22-62-58(29-42)71(83(99-62)41-9-20-50(89)21-10-41)59-33-57(96)34-63-72(59)68(43-23-51(90)30-52(91)24-43)81(100-63)39-5-16-48(87)17-6-39/h1-36,66-71,77-78,81-98H/t66-,67-,68+,69-,70-,71-,77+,78+,81-,82+,83+,84+/m1/s1. The molecule has 14 N–H and O–H groups in total. The highest BCUT2D eigenvalue weighted by Gasteiger charge is 2.60. The third-order valence-electron chi connectivity index (χ3n) is 21.5. The first-order valence-electron chi connectivity index (χ1n) is 33.3. The number of phenolic OH excluding ortho intramolecular Hbond substituents is 14. The number of benzene rings is 12. The first-order valence-corrected chi connectivity index (χ1v) is 33.3. The molecule has 12 atom stereocenters. The van der Waals surface area contributed by atoms with Gasteiger partial charge < -0.3 is 90.4 Å². The molecule has 2 bridgehead atoms. The Labute approximate surface area is 581 Å². The third-order valence-corrected chi connectivity index (χ3v) is 21.5. The molecule has 2 aliphatic carbocycles. The van der Waals surface area contributed by atoms with Crippen LogP contribution in [0.5, 0.6) is 103 Å². The summed E-state index contributed by atoms with van der Waals surface area (Å²) < 4.78 is 28.4. The number of ether oxygens (including phenoxy) is 4. The van der Waals surface area contributed by atoms with E-state index in [2.05, 4.69) is 0 Å². The maximum Gasteiger partial charge on any atom is 0.135 e. The van der Waals surface area contributed by atoms with Crippen LogP contribution in [-0.2, 0) is 0 Å². The minimum Gasteiger partial charge on any atom is -0.508 e. The molecular formula is C84H62O18. The topological polar surface area (TPSA) is 320 Å². The monoisotopic (exact) mass is 1360 g/mol. The molecule has 4 heterocycles. The predicted octanol–water partition coefficient (Wildman–Crippen LogP) is 15.8. The maximum absolute atomic E-state index is 13.5. The predicted molar refractivity (Wildman–Crippen MR) is 371 cm³/mol. The van der Waals surface area contributed by atoms with Crippen LogP contribution >= 0.6 is 0 Å². The molecule has 0 saturated carbocycles. The van der Waals surface area contributed by atoms with Crippen molar-refractivity contribution in [2.24, 2.45) is 0 Å². The van der Waals surface area contributed by atoms with Gasteiger partial charge in [-0.1, -0.05) is 66.7 Å². The van der Waals surface area contributed by atoms with Crippen LogP contribution in [0.3, 0.4) is 0 Å². The minimum absolute atomic E-state index is 0.00297. The summed E-state index contributed by atoms with van der Waals surface area (Å²) in [5, 5.41) is 161. The van der Waals surface area contributed by atoms with Gasteiger partial charge in [0.25, 0.3) is 0 Å². The van der Waals surface area contributed by atoms with Crippen molar-refractivity contribution in [3.63, 3.8) is 0 Å². The Morgan fingerprint density at radius 3 is 0.951 bits per heavy atom. The fourth-order valence-corrected chi connectivity index (χ4v) is 17.8. The quantitative estimate of drug-likeness (QED) is 0.0605. The molecule has 4 aliphatic heterocycles. The Hall–Kier alpha value is -13.0. The fraction of sp³-hybridized carbons (Fsp3) is 0.143. The van der Waals surface area contributed by atoms with Crippen LogP contribution in [0.15, 0.2) is 218 Å². The minimum atomic E-state index is -1.06. The summed E-state index contributed by atoms with van der Waals surface area (Å²) in [5.74, 6) is -7.37. The van der Waals surface area contributed by atoms with Gasteiger partial charge in [-0.05, 0) is 182 Å². The van der Waals surface area contributed by atoms with Gasteiger partial charge in [-0.3, -0.25) is 0 Å². The van der Waals surface area contributed by atoms with Crippen LogP contribution in [-0.4, -0.2) is 71.5 Å². The van der Waals surface area contributed by atoms with Gasteiger partial charge in [0.05, 0.1) is 23.7 Å². The maximum atomic E-state index is 13.5. The molecule has 12 aromatic rings. The van der Waals surface area contributed by atoms with E-state index >= 15 is 0 Å². The van der Waals surface area contributed by atoms with Crippen LogP contribution in [0.25, 0.3) is 0 Å². The fourth-order valence-electron chi connectivity index (χ4n) is 17.8. The smallest absolute Gasteiger partial charge is 0.135 e. The van der Waals surface area contributed by atoms with E-state index in [9.17, 15) is 71.5 Å². The summed E-state index contributed by atoms with van der Waals surface area (Å²) in [6, 6.07) is 57.9. The van der Waals surface area contributed by atoms with E-state index < -0.39 is 71.8 Å². The number of phenols is 14. The molecule has 506 valence electrons. The Morgan fingerprint density at radius 1 is 0.176 bits per heavy atom. The summed E-state index contributed by atoms with van der Waals surface area (Å²) in [7, 11) is 0. The van der Waals surface area contributed by atoms with Gasteiger partial charge in [-0.2, -0.15) is 0 Å². The second-order valence-electron chi connectivity index (χ2n) is 27.4. The zero-order valence-electron chi connectivity index (χ0n) is 53.6. The van der Waals surface area contributed by atoms with E-state index in [0.29, 0.717) is 100 Å². The highest BCUT2D eigenvalue weighted by Crippen LogP contribution is 2.74. The Kier molecular flexibility index (Phi) is 13.7. The average molecular weight is 1360 g/mol. The molecule has 0 aromatic heterocycles. The molecule has 0 amide bonds. The number of aromatic hydroxyl groups is 14. The summed E-state index contributed by atoms with van der Waals surface area (Å²) >= 11 is 0. The van der Waals surface area contributed by atoms with Gasteiger partial charge >= 0.3 is 0 Å². The lowest BCUT2D eigenvalue weighted by Crippen LogP contribution is -2.28. The number of fused-ring (bicyclic) bond motifs is 13. The molecule has 18 heteroatoms. The van der Waals surface area contributed by atoms with Crippen molar-refractivity contribution in [3.8, 4) is 103 Å². The largest absolute Gasteiger partial charge is 0.508 e. The molecule has 18 rings (SSSR count). The molecule has 0 fully saturated rings. The van der Waals surface area contributed by atoms with Gasteiger partial charge in [-0.15, -0.1) is 0 Å². The van der Waals surface area contributed by atoms with Crippen molar-refractivity contribution in [2.75, 3.05) is 0 Å². The van der Waals surface area contributed by atoms with E-state index in [4.69, 9.17) is 18.9 Å². The van der Waals surface area contributed by atoms with Crippen LogP contribution in [0, 0.1) is 0 Å². The Balaban J connectivity index is 0.872. The van der Waals surface area contributed by atoms with Gasteiger partial charge in [0.15, 0.2) is 0 Å². The van der Waals surface area contributed by atoms with Crippen molar-refractivity contribution in [2.45, 2.75) is 71.8 Å². The molecule has 102 heavy (non-hydrogen) atoms. The molecule has 18 nitrogen and oxygen atoms in total. The lowest BCUT2D eigenvalue weighted by molar-refractivity contribution is 0.219. The van der Waals surface area contributed by atoms with Crippen LogP contribution in [0.2, 0.25) is 0 Å². The molecule has 0 saturated heterocycles. The van der Waals surface area contributed by atoms with Gasteiger partial charge in [-0.25, -0.2) is 0 Å². The number of rotatable bonds is 10. The summed E-state index contributed by atoms with van der Waals surface area (Å²) in [5.41, 5.74) is 9.97. The van der Waals surface area contributed by atoms with Crippen molar-refractivity contribution < 1.29 is 90.4 Å². The van der Waals surface area contributed by atoms with Gasteiger partial charge in [0.1, 0.15) is 128 Å². The van der Waals surface area contributed by atoms with Crippen molar-refractivity contribution >= 4 is 0 Å². The first-order chi connectivity index (χ1) is 49.3. The van der Waals surface area contributed by atoms with Crippen LogP contribution in [0.4, 0.5) is 0 Å². The van der Waals surface area contributed by atoms with E-state index in [1.165, 1.54) is 72.8 Å². The molecule has 6 aliphatic rings. The highest BCUT2D eigenvalue weighted by atomic mass is 16.5. The Bertz CT molecular complexity index is 5370. The average Bonchev–Trinajstić information content (AvgIpc) is 1.51. The SMILES string of the molecule is Oc1ccc([C@@H]2c3c(O)cc4c(c3[C@@H]3c5c(O)cc6c(c5[C@@H]2[C@H]3c2ccc(O)cc2)[C@@H](c2cc(O)cc(O)c2)[C@H](c2ccc3c(c2)[C@H](c2cc(O)cc5c2[C@H](c2cc(O)cc(O)c2)[C@@H](c2ccc(O)cc2)O5)[C@H](c2ccc(O)cc2)O3)O6)[C@@H](c2cc(O)cc(O)c2)[C@H](c2ccc(O)cc2)O4)cc1. The van der Waals surface area contributed by atoms with Crippen molar-refractivity contribution in [3.05, 3.63) is 319 Å². The summed E-state index contributed by atoms with van der Waals surface area (Å²) in [6.45, 7) is 0. The zero-order valence-corrected chi connectivity index (χ0v) is 53.6. The molecule has 0 spiro atoms. The number of hydrogen-bond acceptors (Lipinski definition) is 18. The lowest BCUT2D eigenvalue weighted by atomic mass is 9.60. The molecule has 0 unspecified atom stereocenters. The highest BCUT2D eigenvalue weighted by molar-refractivity contribution is 5.77. The second kappa shape index (κ2) is 22.8. The Morgan fingerprint density at radius 2 is 0.510 bits per heavy atom. The van der Waals surface area contributed by atoms with Gasteiger partial charge in [0, 0.05) is 93.5 Å².